The van der Waals surface area contributed by atoms with E-state index in [9.17, 15) is 5.11 Å². The Labute approximate surface area is 388 Å². The number of para-hydroxylation sites is 1. The Bertz CT molecular complexity index is 2830. The van der Waals surface area contributed by atoms with E-state index in [1.54, 1.807) is 6.07 Å². The third kappa shape index (κ3) is 7.89. The summed E-state index contributed by atoms with van der Waals surface area (Å²) in [4.78, 5) is 13.0. The number of imidazole rings is 1. The number of hydrogen-bond acceptors (Lipinski definition) is 4. The summed E-state index contributed by atoms with van der Waals surface area (Å²) >= 11 is 0. The predicted molar refractivity (Wildman–Crippen MR) is 259 cm³/mol. The van der Waals surface area contributed by atoms with Crippen molar-refractivity contribution in [1.82, 2.24) is 19.3 Å². The van der Waals surface area contributed by atoms with Crippen LogP contribution in [-0.4, -0.2) is 31.3 Å². The van der Waals surface area contributed by atoms with Crippen LogP contribution < -0.4 is 11.1 Å². The minimum atomic E-state index is -0.277. The molecule has 0 unspecified atom stereocenters. The van der Waals surface area contributed by atoms with Crippen molar-refractivity contribution in [3.63, 3.8) is 0 Å². The van der Waals surface area contributed by atoms with E-state index in [1.165, 1.54) is 38.8 Å². The predicted octanol–water partition coefficient (Wildman–Crippen LogP) is 12.5. The second kappa shape index (κ2) is 18.0. The minimum Gasteiger partial charge on any atom is -0.507 e. The standard InChI is InChI=1S/C56H54BN4O.Pt/c1-35(2)43-25-19-26-44(36(3)4)52(43)57-55-53(51(49-28-15-17-31-60(49)57)41-23-18-22-40(32-41)48-27-14-16-30-58-48)59-56(45-24-12-13-29-50(45)62)61(55)54-46(37(5)6)33-42(34-47(54)38(7)8)39-20-10-9-11-21-39;/h9-31,33-38,62H,1-8H3;/q-1;. The normalized spacial score (nSPS) is 13.3. The third-order valence-electron chi connectivity index (χ3n) is 12.4. The second-order valence-corrected chi connectivity index (χ2v) is 17.8. The van der Waals surface area contributed by atoms with Gasteiger partial charge in [-0.25, -0.2) is 4.98 Å². The van der Waals surface area contributed by atoms with Crippen LogP contribution in [0.4, 0.5) is 0 Å². The fourth-order valence-electron chi connectivity index (χ4n) is 9.45. The van der Waals surface area contributed by atoms with Gasteiger partial charge in [-0.3, -0.25) is 4.98 Å². The summed E-state index contributed by atoms with van der Waals surface area (Å²) in [7, 11) is 0. The zero-order valence-electron chi connectivity index (χ0n) is 37.4. The molecule has 2 aliphatic heterocycles. The van der Waals surface area contributed by atoms with Crippen molar-refractivity contribution in [2.24, 2.45) is 0 Å². The van der Waals surface area contributed by atoms with E-state index in [0.717, 1.165) is 45.1 Å². The number of phenols is 1. The van der Waals surface area contributed by atoms with Gasteiger partial charge in [0.15, 0.2) is 0 Å². The average Bonchev–Trinajstić information content (AvgIpc) is 3.67. The third-order valence-corrected chi connectivity index (χ3v) is 12.4. The van der Waals surface area contributed by atoms with E-state index >= 15 is 0 Å². The maximum Gasteiger partial charge on any atom is 0.347 e. The van der Waals surface area contributed by atoms with Gasteiger partial charge < -0.3 is 14.5 Å². The summed E-state index contributed by atoms with van der Waals surface area (Å²) in [5, 5.41) is 11.9. The Hall–Kier alpha value is -5.97. The summed E-state index contributed by atoms with van der Waals surface area (Å²) in [5.41, 5.74) is 17.2. The molecule has 0 aliphatic carbocycles. The summed E-state index contributed by atoms with van der Waals surface area (Å²) in [6.07, 6.45) is 10.6. The number of aromatic nitrogens is 3. The number of benzene rings is 5. The molecule has 5 nitrogen and oxygen atoms in total. The number of pyridine rings is 1. The molecule has 0 fully saturated rings. The van der Waals surface area contributed by atoms with Gasteiger partial charge in [0.1, 0.15) is 11.6 Å². The van der Waals surface area contributed by atoms with E-state index in [-0.39, 0.29) is 57.3 Å². The maximum atomic E-state index is 11.9. The van der Waals surface area contributed by atoms with Crippen molar-refractivity contribution in [3.8, 4) is 45.2 Å². The molecule has 0 saturated heterocycles. The van der Waals surface area contributed by atoms with Crippen molar-refractivity contribution in [1.29, 1.82) is 0 Å². The Morgan fingerprint density at radius 1 is 0.619 bits per heavy atom. The smallest absolute Gasteiger partial charge is 0.347 e. The van der Waals surface area contributed by atoms with Gasteiger partial charge in [0, 0.05) is 44.2 Å². The van der Waals surface area contributed by atoms with Crippen molar-refractivity contribution < 1.29 is 26.2 Å². The quantitative estimate of drug-likeness (QED) is 0.110. The Balaban J connectivity index is 0.00000544. The number of phenolic OH excluding ortho intramolecular Hbond substituents is 1. The molecule has 318 valence electrons. The van der Waals surface area contributed by atoms with E-state index in [1.807, 2.05) is 42.6 Å². The van der Waals surface area contributed by atoms with Gasteiger partial charge in [-0.2, -0.15) is 0 Å². The first-order valence-electron chi connectivity index (χ1n) is 22.1. The molecule has 9 rings (SSSR count). The van der Waals surface area contributed by atoms with Crippen molar-refractivity contribution in [3.05, 3.63) is 197 Å². The van der Waals surface area contributed by atoms with Crippen LogP contribution in [0.1, 0.15) is 113 Å². The van der Waals surface area contributed by atoms with Crippen LogP contribution in [0.2, 0.25) is 0 Å². The fraction of sp³-hybridized carbons (Fsp3) is 0.214. The van der Waals surface area contributed by atoms with Gasteiger partial charge in [0.25, 0.3) is 0 Å². The van der Waals surface area contributed by atoms with Gasteiger partial charge >= 0.3 is 6.85 Å². The first kappa shape index (κ1) is 43.7. The largest absolute Gasteiger partial charge is 0.507 e. The van der Waals surface area contributed by atoms with Gasteiger partial charge in [0.2, 0.25) is 0 Å². The topological polar surface area (TPSA) is 54.2 Å². The molecule has 2 aromatic heterocycles. The van der Waals surface area contributed by atoms with E-state index < -0.39 is 0 Å². The number of fused-ring (bicyclic) bond motifs is 2. The Morgan fingerprint density at radius 2 is 1.24 bits per heavy atom. The van der Waals surface area contributed by atoms with Crippen LogP contribution in [0, 0.1) is 6.07 Å². The van der Waals surface area contributed by atoms with Crippen LogP contribution in [0.25, 0.3) is 45.0 Å². The number of aromatic hydroxyl groups is 1. The molecule has 0 saturated carbocycles. The number of nitrogens with zero attached hydrogens (tertiary/aromatic N) is 4. The summed E-state index contributed by atoms with van der Waals surface area (Å²) in [6.45, 7) is 18.1. The van der Waals surface area contributed by atoms with Crippen molar-refractivity contribution >= 4 is 23.5 Å². The molecular formula is C56H54BN4OPt-. The molecule has 0 atom stereocenters. The average molecular weight is 1000 g/mol. The molecule has 0 radical (unpaired) electrons. The minimum absolute atomic E-state index is 0. The monoisotopic (exact) mass is 1000 g/mol. The SMILES string of the molecule is CC(C)c1cccc(C(C)C)c1B1c2c(nc(-c3ccccc3O)n2-c2c(C(C)C)cc(-c3ccccc3)cc2C(C)C)C(c2[c-]c(-c3ccccn3)ccc2)=C2C=CC=CN12.[Pt]. The molecule has 0 spiro atoms. The van der Waals surface area contributed by atoms with Crippen LogP contribution in [0.3, 0.4) is 0 Å². The van der Waals surface area contributed by atoms with Crippen molar-refractivity contribution in [2.45, 2.75) is 79.1 Å². The molecule has 0 amide bonds. The Morgan fingerprint density at radius 3 is 1.87 bits per heavy atom. The van der Waals surface area contributed by atoms with Crippen molar-refractivity contribution in [2.75, 3.05) is 0 Å². The van der Waals surface area contributed by atoms with E-state index in [2.05, 4.69) is 174 Å². The Kier molecular flexibility index (Phi) is 12.5. The molecule has 63 heavy (non-hydrogen) atoms. The van der Waals surface area contributed by atoms with E-state index in [0.29, 0.717) is 11.4 Å². The maximum absolute atomic E-state index is 11.9. The first-order valence-corrected chi connectivity index (χ1v) is 22.1. The van der Waals surface area contributed by atoms with Gasteiger partial charge in [0.05, 0.1) is 16.9 Å². The zero-order valence-corrected chi connectivity index (χ0v) is 39.6. The molecular weight excluding hydrogens is 951 g/mol. The second-order valence-electron chi connectivity index (χ2n) is 17.8. The fourth-order valence-corrected chi connectivity index (χ4v) is 9.45. The molecule has 1 N–H and O–H groups in total. The van der Waals surface area contributed by atoms with E-state index in [4.69, 9.17) is 9.97 Å². The molecule has 7 heteroatoms. The molecule has 4 heterocycles. The van der Waals surface area contributed by atoms with Crippen LogP contribution in [0.15, 0.2) is 158 Å². The summed E-state index contributed by atoms with van der Waals surface area (Å²) in [5.74, 6) is 1.71. The van der Waals surface area contributed by atoms with Crippen LogP contribution in [-0.2, 0) is 21.1 Å². The summed E-state index contributed by atoms with van der Waals surface area (Å²) in [6, 6.07) is 46.2. The zero-order chi connectivity index (χ0) is 43.2. The molecule has 5 aromatic carbocycles. The van der Waals surface area contributed by atoms with Gasteiger partial charge in [-0.1, -0.05) is 140 Å². The first-order chi connectivity index (χ1) is 30.0. The number of allylic oxidation sites excluding steroid dienone is 3. The summed E-state index contributed by atoms with van der Waals surface area (Å²) < 4.78 is 2.45. The molecule has 0 bridgehead atoms. The van der Waals surface area contributed by atoms with Crippen LogP contribution >= 0.6 is 0 Å². The molecule has 2 aliphatic rings. The van der Waals surface area contributed by atoms with Crippen LogP contribution in [0.5, 0.6) is 5.75 Å². The molecule has 7 aromatic rings. The van der Waals surface area contributed by atoms with Gasteiger partial charge in [-0.05, 0) is 117 Å². The van der Waals surface area contributed by atoms with Gasteiger partial charge in [-0.15, -0.1) is 29.8 Å². The number of rotatable bonds is 10. The number of hydrogen-bond donors (Lipinski definition) is 1.